The quantitative estimate of drug-likeness (QED) is 0.778. The van der Waals surface area contributed by atoms with Gasteiger partial charge in [-0.2, -0.15) is 15.0 Å². The molecule has 11 heteroatoms. The number of nitrogens with one attached hydrogen (secondary N) is 2. The maximum absolute atomic E-state index is 12.7. The number of hydrogen-bond acceptors (Lipinski definition) is 8. The Kier molecular flexibility index (Phi) is 5.71. The van der Waals surface area contributed by atoms with Gasteiger partial charge in [0, 0.05) is 0 Å². The second kappa shape index (κ2) is 8.01. The number of sulfonamides is 1. The van der Waals surface area contributed by atoms with Gasteiger partial charge in [0.1, 0.15) is 10.7 Å². The standard InChI is InChI=1S/C16H19N5O4S2/c1-10-17-14(20-16(18-10)25-2)19-15(22)21-27(23,24)12-8-9-26-13(12)11-6-4-3-5-7-11/h6,8-9H,3-5,7H2,1-2H3,(H2,17,18,19,20,21,22). The second-order valence-corrected chi connectivity index (χ2v) is 8.41. The van der Waals surface area contributed by atoms with Gasteiger partial charge in [0.05, 0.1) is 12.0 Å². The lowest BCUT2D eigenvalue weighted by atomic mass is 9.99. The Labute approximate surface area is 161 Å². The molecular formula is C16H19N5O4S2. The first-order valence-electron chi connectivity index (χ1n) is 8.26. The summed E-state index contributed by atoms with van der Waals surface area (Å²) in [7, 11) is -2.66. The van der Waals surface area contributed by atoms with Crippen LogP contribution in [0.25, 0.3) is 5.57 Å². The Morgan fingerprint density at radius 2 is 2.07 bits per heavy atom. The summed E-state index contributed by atoms with van der Waals surface area (Å²) in [4.78, 5) is 24.6. The summed E-state index contributed by atoms with van der Waals surface area (Å²) in [6, 6.07) is 0.559. The van der Waals surface area contributed by atoms with Gasteiger partial charge >= 0.3 is 12.0 Å². The van der Waals surface area contributed by atoms with Gasteiger partial charge in [-0.05, 0) is 49.6 Å². The predicted octanol–water partition coefficient (Wildman–Crippen LogP) is 2.72. The number of carbonyl (C=O) groups excluding carboxylic acids is 1. The number of nitrogens with zero attached hydrogens (tertiary/aromatic N) is 3. The largest absolute Gasteiger partial charge is 0.467 e. The van der Waals surface area contributed by atoms with E-state index in [1.54, 1.807) is 12.3 Å². The van der Waals surface area contributed by atoms with Gasteiger partial charge in [0.25, 0.3) is 10.0 Å². The van der Waals surface area contributed by atoms with E-state index in [-0.39, 0.29) is 16.9 Å². The highest BCUT2D eigenvalue weighted by Gasteiger charge is 2.25. The molecule has 0 bridgehead atoms. The highest BCUT2D eigenvalue weighted by atomic mass is 32.2. The molecule has 1 aliphatic carbocycles. The normalized spacial score (nSPS) is 14.4. The number of carbonyl (C=O) groups is 1. The molecule has 0 saturated carbocycles. The fraction of sp³-hybridized carbons (Fsp3) is 0.375. The number of anilines is 1. The number of hydrogen-bond donors (Lipinski definition) is 2. The van der Waals surface area contributed by atoms with E-state index in [1.165, 1.54) is 24.5 Å². The lowest BCUT2D eigenvalue weighted by molar-refractivity contribution is 0.256. The van der Waals surface area contributed by atoms with Crippen molar-refractivity contribution in [1.82, 2.24) is 19.7 Å². The maximum atomic E-state index is 12.7. The SMILES string of the molecule is COc1nc(C)nc(NC(=O)NS(=O)(=O)c2ccsc2C2=CCCCC2)n1. The fourth-order valence-corrected chi connectivity index (χ4v) is 5.14. The molecule has 2 N–H and O–H groups in total. The number of rotatable bonds is 5. The lowest BCUT2D eigenvalue weighted by Gasteiger charge is -2.14. The van der Waals surface area contributed by atoms with E-state index in [2.05, 4.69) is 26.3 Å². The van der Waals surface area contributed by atoms with Crippen molar-refractivity contribution in [2.75, 3.05) is 12.4 Å². The van der Waals surface area contributed by atoms with Crippen LogP contribution in [-0.2, 0) is 10.0 Å². The summed E-state index contributed by atoms with van der Waals surface area (Å²) < 4.78 is 32.3. The first-order chi connectivity index (χ1) is 12.9. The number of allylic oxidation sites excluding steroid dienone is 2. The highest BCUT2D eigenvalue weighted by molar-refractivity contribution is 7.90. The third-order valence-electron chi connectivity index (χ3n) is 3.86. The van der Waals surface area contributed by atoms with E-state index < -0.39 is 16.1 Å². The van der Waals surface area contributed by atoms with Crippen molar-refractivity contribution in [1.29, 1.82) is 0 Å². The van der Waals surface area contributed by atoms with E-state index in [0.717, 1.165) is 31.3 Å². The highest BCUT2D eigenvalue weighted by Crippen LogP contribution is 2.34. The van der Waals surface area contributed by atoms with E-state index in [0.29, 0.717) is 10.7 Å². The van der Waals surface area contributed by atoms with Gasteiger partial charge in [0.15, 0.2) is 0 Å². The molecular weight excluding hydrogens is 390 g/mol. The average Bonchev–Trinajstić information content (AvgIpc) is 3.12. The molecule has 2 heterocycles. The third-order valence-corrected chi connectivity index (χ3v) is 6.36. The Hall–Kier alpha value is -2.53. The van der Waals surface area contributed by atoms with Crippen LogP contribution >= 0.6 is 11.3 Å². The number of aromatic nitrogens is 3. The van der Waals surface area contributed by atoms with Crippen LogP contribution in [0.5, 0.6) is 6.01 Å². The summed E-state index contributed by atoms with van der Waals surface area (Å²) in [5.41, 5.74) is 1.01. The van der Waals surface area contributed by atoms with Crippen LogP contribution in [0.15, 0.2) is 22.4 Å². The summed E-state index contributed by atoms with van der Waals surface area (Å²) in [5.74, 6) is 0.219. The Bertz CT molecular complexity index is 984. The van der Waals surface area contributed by atoms with Gasteiger partial charge in [-0.25, -0.2) is 17.9 Å². The van der Waals surface area contributed by atoms with Crippen LogP contribution in [0.2, 0.25) is 0 Å². The molecule has 2 aromatic rings. The molecule has 1 aliphatic rings. The van der Waals surface area contributed by atoms with Gasteiger partial charge in [0.2, 0.25) is 5.95 Å². The molecule has 0 fully saturated rings. The summed E-state index contributed by atoms with van der Waals surface area (Å²) in [6.07, 6.45) is 5.96. The van der Waals surface area contributed by atoms with Crippen molar-refractivity contribution < 1.29 is 17.9 Å². The van der Waals surface area contributed by atoms with Crippen molar-refractivity contribution in [2.24, 2.45) is 0 Å². The third kappa shape index (κ3) is 4.61. The van der Waals surface area contributed by atoms with E-state index in [4.69, 9.17) is 4.74 Å². The molecule has 0 radical (unpaired) electrons. The van der Waals surface area contributed by atoms with Gasteiger partial charge in [-0.15, -0.1) is 11.3 Å². The van der Waals surface area contributed by atoms with E-state index >= 15 is 0 Å². The van der Waals surface area contributed by atoms with E-state index in [9.17, 15) is 13.2 Å². The van der Waals surface area contributed by atoms with Crippen LogP contribution in [0, 0.1) is 6.92 Å². The van der Waals surface area contributed by atoms with Crippen LogP contribution < -0.4 is 14.8 Å². The molecule has 2 amide bonds. The zero-order valence-electron chi connectivity index (χ0n) is 14.9. The molecule has 0 aliphatic heterocycles. The number of amides is 2. The summed E-state index contributed by atoms with van der Waals surface area (Å²) in [6.45, 7) is 1.60. The van der Waals surface area contributed by atoms with Gasteiger partial charge in [-0.3, -0.25) is 5.32 Å². The zero-order valence-corrected chi connectivity index (χ0v) is 16.5. The van der Waals surface area contributed by atoms with Crippen LogP contribution in [-0.4, -0.2) is 36.5 Å². The molecule has 0 saturated heterocycles. The molecule has 3 rings (SSSR count). The van der Waals surface area contributed by atoms with Crippen molar-refractivity contribution in [3.8, 4) is 6.01 Å². The Morgan fingerprint density at radius 1 is 1.26 bits per heavy atom. The molecule has 9 nitrogen and oxygen atoms in total. The van der Waals surface area contributed by atoms with Crippen molar-refractivity contribution in [2.45, 2.75) is 37.5 Å². The minimum atomic E-state index is -4.04. The molecule has 2 aromatic heterocycles. The van der Waals surface area contributed by atoms with E-state index in [1.807, 2.05) is 4.72 Å². The molecule has 0 unspecified atom stereocenters. The van der Waals surface area contributed by atoms with Crippen molar-refractivity contribution >= 4 is 38.9 Å². The maximum Gasteiger partial charge on any atom is 0.335 e. The molecule has 0 atom stereocenters. The Balaban J connectivity index is 1.77. The van der Waals surface area contributed by atoms with Gasteiger partial charge in [-0.1, -0.05) is 6.08 Å². The van der Waals surface area contributed by atoms with Crippen LogP contribution in [0.3, 0.4) is 0 Å². The number of urea groups is 1. The van der Waals surface area contributed by atoms with Crippen molar-refractivity contribution in [3.63, 3.8) is 0 Å². The first kappa shape index (κ1) is 19.2. The fourth-order valence-electron chi connectivity index (χ4n) is 2.70. The molecule has 0 aromatic carbocycles. The Morgan fingerprint density at radius 3 is 2.78 bits per heavy atom. The topological polar surface area (TPSA) is 123 Å². The van der Waals surface area contributed by atoms with Crippen molar-refractivity contribution in [3.05, 3.63) is 28.2 Å². The average molecular weight is 409 g/mol. The number of thiophene rings is 1. The number of aryl methyl sites for hydroxylation is 1. The first-order valence-corrected chi connectivity index (χ1v) is 10.6. The van der Waals surface area contributed by atoms with Crippen LogP contribution in [0.4, 0.5) is 10.7 Å². The van der Waals surface area contributed by atoms with Gasteiger partial charge < -0.3 is 4.74 Å². The summed E-state index contributed by atoms with van der Waals surface area (Å²) >= 11 is 1.35. The monoisotopic (exact) mass is 409 g/mol. The number of methoxy groups -OCH3 is 1. The zero-order chi connectivity index (χ0) is 19.4. The summed E-state index contributed by atoms with van der Waals surface area (Å²) in [5, 5.41) is 4.00. The molecule has 27 heavy (non-hydrogen) atoms. The smallest absolute Gasteiger partial charge is 0.335 e. The minimum absolute atomic E-state index is 0.0185. The lowest BCUT2D eigenvalue weighted by Crippen LogP contribution is -2.35. The predicted molar refractivity (Wildman–Crippen MR) is 101 cm³/mol. The van der Waals surface area contributed by atoms with Crippen LogP contribution in [0.1, 0.15) is 36.4 Å². The minimum Gasteiger partial charge on any atom is -0.467 e. The molecule has 144 valence electrons. The second-order valence-electron chi connectivity index (χ2n) is 5.84. The molecule has 0 spiro atoms. The number of ether oxygens (including phenoxy) is 1.